The van der Waals surface area contributed by atoms with E-state index in [2.05, 4.69) is 10.2 Å². The monoisotopic (exact) mass is 235 g/mol. The molecule has 1 unspecified atom stereocenters. The second-order valence-electron chi connectivity index (χ2n) is 4.03. The second-order valence-corrected chi connectivity index (χ2v) is 5.34. The van der Waals surface area contributed by atoms with Gasteiger partial charge in [0.15, 0.2) is 11.5 Å². The molecule has 1 fully saturated rings. The number of thioether (sulfide) groups is 1. The van der Waals surface area contributed by atoms with E-state index in [4.69, 9.17) is 0 Å². The van der Waals surface area contributed by atoms with Crippen LogP contribution in [0.3, 0.4) is 0 Å². The van der Waals surface area contributed by atoms with Gasteiger partial charge in [-0.2, -0.15) is 11.8 Å². The van der Waals surface area contributed by atoms with Crippen LogP contribution in [0.4, 0.5) is 0 Å². The van der Waals surface area contributed by atoms with Crippen molar-refractivity contribution in [3.05, 3.63) is 24.2 Å². The molecule has 84 valence electrons. The maximum Gasteiger partial charge on any atom is 0.161 e. The van der Waals surface area contributed by atoms with Crippen LogP contribution in [0, 0.1) is 0 Å². The summed E-state index contributed by atoms with van der Waals surface area (Å²) in [5, 5.41) is 18.3. The maximum absolute atomic E-state index is 9.49. The first-order valence-electron chi connectivity index (χ1n) is 5.50. The van der Waals surface area contributed by atoms with Gasteiger partial charge in [0, 0.05) is 0 Å². The summed E-state index contributed by atoms with van der Waals surface area (Å²) in [5.41, 5.74) is 0.805. The fraction of sp³-hybridized carbons (Fsp3) is 0.455. The average Bonchev–Trinajstić information content (AvgIpc) is 2.73. The van der Waals surface area contributed by atoms with Crippen molar-refractivity contribution < 1.29 is 5.11 Å². The zero-order valence-electron chi connectivity index (χ0n) is 8.83. The van der Waals surface area contributed by atoms with Crippen LogP contribution in [0.2, 0.25) is 0 Å². The fourth-order valence-corrected chi connectivity index (χ4v) is 3.36. The molecule has 2 aromatic heterocycles. The third-order valence-corrected chi connectivity index (χ3v) is 4.25. The number of rotatable bonds is 1. The molecule has 1 aliphatic heterocycles. The van der Waals surface area contributed by atoms with E-state index in [0.29, 0.717) is 5.25 Å². The summed E-state index contributed by atoms with van der Waals surface area (Å²) in [6, 6.07) is 3.43. The van der Waals surface area contributed by atoms with Crippen molar-refractivity contribution in [3.8, 4) is 5.75 Å². The highest BCUT2D eigenvalue weighted by atomic mass is 32.2. The predicted octanol–water partition coefficient (Wildman–Crippen LogP) is 2.39. The van der Waals surface area contributed by atoms with Gasteiger partial charge in [-0.25, -0.2) is 0 Å². The third kappa shape index (κ3) is 1.65. The highest BCUT2D eigenvalue weighted by molar-refractivity contribution is 7.99. The zero-order chi connectivity index (χ0) is 11.0. The van der Waals surface area contributed by atoms with Gasteiger partial charge in [0.25, 0.3) is 0 Å². The van der Waals surface area contributed by atoms with Crippen molar-refractivity contribution in [3.63, 3.8) is 0 Å². The first kappa shape index (κ1) is 9.96. The number of hydrogen-bond donors (Lipinski definition) is 1. The molecule has 1 atom stereocenters. The SMILES string of the molecule is Oc1ccc2nnc(C3CCCCS3)n2c1. The quantitative estimate of drug-likeness (QED) is 0.824. The minimum absolute atomic E-state index is 0.259. The maximum atomic E-state index is 9.49. The van der Waals surface area contributed by atoms with Crippen LogP contribution >= 0.6 is 11.8 Å². The molecule has 0 radical (unpaired) electrons. The van der Waals surface area contributed by atoms with Crippen LogP contribution in [-0.2, 0) is 0 Å². The van der Waals surface area contributed by atoms with Gasteiger partial charge in [0.05, 0.1) is 11.4 Å². The van der Waals surface area contributed by atoms with Crippen LogP contribution in [-0.4, -0.2) is 25.5 Å². The molecular formula is C11H13N3OS. The number of aromatic hydroxyl groups is 1. The molecule has 0 aliphatic carbocycles. The Morgan fingerprint density at radius 2 is 2.25 bits per heavy atom. The number of pyridine rings is 1. The summed E-state index contributed by atoms with van der Waals surface area (Å²) in [6.07, 6.45) is 5.40. The van der Waals surface area contributed by atoms with Crippen LogP contribution in [0.5, 0.6) is 5.75 Å². The number of fused-ring (bicyclic) bond motifs is 1. The summed E-state index contributed by atoms with van der Waals surface area (Å²) < 4.78 is 1.90. The molecule has 1 saturated heterocycles. The third-order valence-electron chi connectivity index (χ3n) is 2.88. The van der Waals surface area contributed by atoms with Crippen molar-refractivity contribution in [2.45, 2.75) is 24.5 Å². The van der Waals surface area contributed by atoms with Crippen molar-refractivity contribution in [1.82, 2.24) is 14.6 Å². The second kappa shape index (κ2) is 3.97. The fourth-order valence-electron chi connectivity index (χ4n) is 2.06. The molecule has 2 aromatic rings. The lowest BCUT2D eigenvalue weighted by atomic mass is 10.2. The van der Waals surface area contributed by atoms with E-state index in [1.54, 1.807) is 18.3 Å². The van der Waals surface area contributed by atoms with E-state index in [0.717, 1.165) is 17.9 Å². The van der Waals surface area contributed by atoms with Crippen molar-refractivity contribution >= 4 is 17.4 Å². The first-order valence-corrected chi connectivity index (χ1v) is 6.55. The Bertz CT molecular complexity index is 505. The van der Waals surface area contributed by atoms with Crippen molar-refractivity contribution in [1.29, 1.82) is 0 Å². The molecule has 16 heavy (non-hydrogen) atoms. The largest absolute Gasteiger partial charge is 0.506 e. The normalized spacial score (nSPS) is 21.4. The average molecular weight is 235 g/mol. The zero-order valence-corrected chi connectivity index (χ0v) is 9.65. The topological polar surface area (TPSA) is 50.4 Å². The van der Waals surface area contributed by atoms with E-state index < -0.39 is 0 Å². The standard InChI is InChI=1S/C11H13N3OS/c15-8-4-5-10-12-13-11(14(10)7-8)9-3-1-2-6-16-9/h4-5,7,9,15H,1-3,6H2. The molecular weight excluding hydrogens is 222 g/mol. The molecule has 3 heterocycles. The van der Waals surface area contributed by atoms with Gasteiger partial charge in [-0.3, -0.25) is 4.40 Å². The van der Waals surface area contributed by atoms with Crippen molar-refractivity contribution in [2.75, 3.05) is 5.75 Å². The van der Waals surface area contributed by atoms with Crippen LogP contribution in [0.15, 0.2) is 18.3 Å². The molecule has 4 nitrogen and oxygen atoms in total. The van der Waals surface area contributed by atoms with Gasteiger partial charge < -0.3 is 5.11 Å². The molecule has 1 N–H and O–H groups in total. The first-order chi connectivity index (χ1) is 7.84. The number of nitrogens with zero attached hydrogens (tertiary/aromatic N) is 3. The van der Waals surface area contributed by atoms with E-state index in [-0.39, 0.29) is 5.75 Å². The minimum atomic E-state index is 0.259. The Morgan fingerprint density at radius 3 is 3.06 bits per heavy atom. The molecule has 1 aliphatic rings. The van der Waals surface area contributed by atoms with Crippen LogP contribution < -0.4 is 0 Å². The van der Waals surface area contributed by atoms with E-state index in [9.17, 15) is 5.11 Å². The minimum Gasteiger partial charge on any atom is -0.506 e. The summed E-state index contributed by atoms with van der Waals surface area (Å²) in [4.78, 5) is 0. The lowest BCUT2D eigenvalue weighted by Crippen LogP contribution is -2.06. The Balaban J connectivity index is 2.05. The Morgan fingerprint density at radius 1 is 1.31 bits per heavy atom. The number of aromatic nitrogens is 3. The lowest BCUT2D eigenvalue weighted by molar-refractivity contribution is 0.471. The Hall–Kier alpha value is -1.23. The molecule has 5 heteroatoms. The predicted molar refractivity (Wildman–Crippen MR) is 63.7 cm³/mol. The van der Waals surface area contributed by atoms with Gasteiger partial charge in [0.2, 0.25) is 0 Å². The van der Waals surface area contributed by atoms with E-state index in [1.165, 1.54) is 18.6 Å². The summed E-state index contributed by atoms with van der Waals surface area (Å²) in [7, 11) is 0. The molecule has 0 aromatic carbocycles. The summed E-state index contributed by atoms with van der Waals surface area (Å²) in [5.74, 6) is 2.42. The van der Waals surface area contributed by atoms with Gasteiger partial charge >= 0.3 is 0 Å². The van der Waals surface area contributed by atoms with Gasteiger partial charge in [-0.15, -0.1) is 10.2 Å². The molecule has 0 spiro atoms. The van der Waals surface area contributed by atoms with E-state index >= 15 is 0 Å². The summed E-state index contributed by atoms with van der Waals surface area (Å²) >= 11 is 1.94. The molecule has 0 bridgehead atoms. The van der Waals surface area contributed by atoms with Gasteiger partial charge in [0.1, 0.15) is 5.75 Å². The highest BCUT2D eigenvalue weighted by Gasteiger charge is 2.21. The van der Waals surface area contributed by atoms with Gasteiger partial charge in [-0.1, -0.05) is 6.42 Å². The molecule has 3 rings (SSSR count). The molecule has 0 saturated carbocycles. The van der Waals surface area contributed by atoms with Crippen LogP contribution in [0.1, 0.15) is 30.3 Å². The van der Waals surface area contributed by atoms with Gasteiger partial charge in [-0.05, 0) is 30.7 Å². The smallest absolute Gasteiger partial charge is 0.161 e. The number of hydrogen-bond acceptors (Lipinski definition) is 4. The van der Waals surface area contributed by atoms with Crippen LogP contribution in [0.25, 0.3) is 5.65 Å². The molecule has 0 amide bonds. The Kier molecular flexibility index (Phi) is 2.47. The summed E-state index contributed by atoms with van der Waals surface area (Å²) in [6.45, 7) is 0. The highest BCUT2D eigenvalue weighted by Crippen LogP contribution is 2.37. The lowest BCUT2D eigenvalue weighted by Gasteiger charge is -2.19. The van der Waals surface area contributed by atoms with E-state index in [1.807, 2.05) is 16.2 Å². The Labute approximate surface area is 97.7 Å². The van der Waals surface area contributed by atoms with Crippen molar-refractivity contribution in [2.24, 2.45) is 0 Å².